The van der Waals surface area contributed by atoms with Gasteiger partial charge in [-0.2, -0.15) is 0 Å². The van der Waals surface area contributed by atoms with Gasteiger partial charge in [0.05, 0.1) is 11.0 Å². The molecule has 0 fully saturated rings. The Labute approximate surface area is 89.4 Å². The Kier molecular flexibility index (Phi) is 2.73. The molecule has 0 amide bonds. The Morgan fingerprint density at radius 1 is 1.40 bits per heavy atom. The third kappa shape index (κ3) is 1.63. The number of hydrogen-bond acceptors (Lipinski definition) is 2. The van der Waals surface area contributed by atoms with Gasteiger partial charge in [0.2, 0.25) is 0 Å². The van der Waals surface area contributed by atoms with Crippen LogP contribution in [0.1, 0.15) is 32.1 Å². The number of hydrogen-bond donors (Lipinski definition) is 1. The molecule has 1 N–H and O–H groups in total. The van der Waals surface area contributed by atoms with E-state index in [4.69, 9.17) is 0 Å². The van der Waals surface area contributed by atoms with Crippen molar-refractivity contribution < 1.29 is 5.11 Å². The Balaban J connectivity index is 2.66. The molecular formula is C12H16N2O. The van der Waals surface area contributed by atoms with E-state index >= 15 is 0 Å². The summed E-state index contributed by atoms with van der Waals surface area (Å²) in [6.07, 6.45) is 1.04. The summed E-state index contributed by atoms with van der Waals surface area (Å²) in [5.74, 6) is 0.755. The van der Waals surface area contributed by atoms with Crippen molar-refractivity contribution in [3.63, 3.8) is 0 Å². The van der Waals surface area contributed by atoms with Crippen LogP contribution < -0.4 is 0 Å². The van der Waals surface area contributed by atoms with Crippen LogP contribution in [0.4, 0.5) is 0 Å². The quantitative estimate of drug-likeness (QED) is 0.834. The molecule has 0 saturated heterocycles. The van der Waals surface area contributed by atoms with Gasteiger partial charge in [0, 0.05) is 6.04 Å². The molecule has 80 valence electrons. The van der Waals surface area contributed by atoms with Crippen LogP contribution in [0.5, 0.6) is 0 Å². The minimum absolute atomic E-state index is 0.000972. The fraction of sp³-hybridized carbons (Fsp3) is 0.417. The summed E-state index contributed by atoms with van der Waals surface area (Å²) in [6.45, 7) is 4.28. The van der Waals surface area contributed by atoms with Crippen LogP contribution in [-0.4, -0.2) is 14.7 Å². The van der Waals surface area contributed by atoms with E-state index in [1.165, 1.54) is 0 Å². The van der Waals surface area contributed by atoms with Gasteiger partial charge in [-0.3, -0.25) is 0 Å². The van der Waals surface area contributed by atoms with Crippen LogP contribution in [0.3, 0.4) is 0 Å². The third-order valence-electron chi connectivity index (χ3n) is 2.84. The summed E-state index contributed by atoms with van der Waals surface area (Å²) in [4.78, 5) is 4.41. The number of imidazole rings is 1. The van der Waals surface area contributed by atoms with Crippen molar-refractivity contribution in [1.82, 2.24) is 9.55 Å². The van der Waals surface area contributed by atoms with Gasteiger partial charge in [-0.25, -0.2) is 4.98 Å². The molecular weight excluding hydrogens is 188 g/mol. The number of rotatable bonds is 3. The van der Waals surface area contributed by atoms with Crippen LogP contribution in [0, 0.1) is 0 Å². The molecule has 0 aliphatic heterocycles. The van der Waals surface area contributed by atoms with E-state index in [1.807, 2.05) is 24.3 Å². The molecule has 15 heavy (non-hydrogen) atoms. The normalized spacial score (nSPS) is 13.3. The van der Waals surface area contributed by atoms with Gasteiger partial charge in [0.25, 0.3) is 0 Å². The summed E-state index contributed by atoms with van der Waals surface area (Å²) in [6, 6.07) is 8.38. The van der Waals surface area contributed by atoms with Crippen LogP contribution >= 0.6 is 0 Å². The Hall–Kier alpha value is -1.35. The minimum Gasteiger partial charge on any atom is -0.388 e. The van der Waals surface area contributed by atoms with Crippen molar-refractivity contribution in [3.8, 4) is 0 Å². The number of aromatic nitrogens is 2. The van der Waals surface area contributed by atoms with Crippen molar-refractivity contribution in [1.29, 1.82) is 0 Å². The zero-order valence-corrected chi connectivity index (χ0v) is 9.14. The van der Waals surface area contributed by atoms with Crippen molar-refractivity contribution in [3.05, 3.63) is 30.1 Å². The average Bonchev–Trinajstić information content (AvgIpc) is 2.66. The van der Waals surface area contributed by atoms with Crippen molar-refractivity contribution in [2.45, 2.75) is 32.9 Å². The molecule has 1 atom stereocenters. The minimum atomic E-state index is -0.000972. The highest BCUT2D eigenvalue weighted by molar-refractivity contribution is 5.76. The second kappa shape index (κ2) is 4.03. The zero-order chi connectivity index (χ0) is 10.8. The fourth-order valence-corrected chi connectivity index (χ4v) is 1.88. The number of para-hydroxylation sites is 2. The van der Waals surface area contributed by atoms with E-state index in [1.54, 1.807) is 0 Å². The van der Waals surface area contributed by atoms with E-state index in [0.29, 0.717) is 6.04 Å². The van der Waals surface area contributed by atoms with Crippen LogP contribution in [0.2, 0.25) is 0 Å². The van der Waals surface area contributed by atoms with E-state index in [9.17, 15) is 5.11 Å². The van der Waals surface area contributed by atoms with E-state index < -0.39 is 0 Å². The lowest BCUT2D eigenvalue weighted by molar-refractivity contribution is 0.262. The van der Waals surface area contributed by atoms with Gasteiger partial charge in [-0.1, -0.05) is 19.1 Å². The second-order valence-corrected chi connectivity index (χ2v) is 3.80. The number of fused-ring (bicyclic) bond motifs is 1. The standard InChI is InChI=1S/C12H16N2O/c1-3-9(2)14-11-7-5-4-6-10(11)13-12(14)8-15/h4-7,9,15H,3,8H2,1-2H3. The maximum atomic E-state index is 9.28. The van der Waals surface area contributed by atoms with Crippen LogP contribution in [0.25, 0.3) is 11.0 Å². The monoisotopic (exact) mass is 204 g/mol. The van der Waals surface area contributed by atoms with E-state index in [-0.39, 0.29) is 6.61 Å². The number of benzene rings is 1. The SMILES string of the molecule is CCC(C)n1c(CO)nc2ccccc21. The first-order valence-corrected chi connectivity index (χ1v) is 5.34. The molecule has 2 rings (SSSR count). The molecule has 3 heteroatoms. The van der Waals surface area contributed by atoms with Gasteiger partial charge in [0.15, 0.2) is 0 Å². The summed E-state index contributed by atoms with van der Waals surface area (Å²) >= 11 is 0. The zero-order valence-electron chi connectivity index (χ0n) is 9.14. The first-order chi connectivity index (χ1) is 7.27. The molecule has 2 aromatic rings. The third-order valence-corrected chi connectivity index (χ3v) is 2.84. The molecule has 0 aliphatic rings. The van der Waals surface area contributed by atoms with Crippen molar-refractivity contribution in [2.75, 3.05) is 0 Å². The molecule has 1 unspecified atom stereocenters. The average molecular weight is 204 g/mol. The van der Waals surface area contributed by atoms with Crippen LogP contribution in [-0.2, 0) is 6.61 Å². The largest absolute Gasteiger partial charge is 0.388 e. The van der Waals surface area contributed by atoms with E-state index in [2.05, 4.69) is 23.4 Å². The van der Waals surface area contributed by atoms with Crippen molar-refractivity contribution >= 4 is 11.0 Å². The summed E-state index contributed by atoms with van der Waals surface area (Å²) in [7, 11) is 0. The van der Waals surface area contributed by atoms with Gasteiger partial charge in [-0.05, 0) is 25.5 Å². The Bertz CT molecular complexity index is 462. The number of aliphatic hydroxyl groups is 1. The molecule has 1 aromatic carbocycles. The maximum absolute atomic E-state index is 9.28. The smallest absolute Gasteiger partial charge is 0.135 e. The molecule has 0 bridgehead atoms. The molecule has 1 aromatic heterocycles. The Morgan fingerprint density at radius 3 is 2.80 bits per heavy atom. The molecule has 0 radical (unpaired) electrons. The number of nitrogens with zero attached hydrogens (tertiary/aromatic N) is 2. The van der Waals surface area contributed by atoms with Gasteiger partial charge >= 0.3 is 0 Å². The van der Waals surface area contributed by atoms with Gasteiger partial charge in [-0.15, -0.1) is 0 Å². The lowest BCUT2D eigenvalue weighted by Crippen LogP contribution is -2.08. The highest BCUT2D eigenvalue weighted by atomic mass is 16.3. The van der Waals surface area contributed by atoms with Crippen LogP contribution in [0.15, 0.2) is 24.3 Å². The van der Waals surface area contributed by atoms with Crippen molar-refractivity contribution in [2.24, 2.45) is 0 Å². The first kappa shape index (κ1) is 10.2. The summed E-state index contributed by atoms with van der Waals surface area (Å²) in [5.41, 5.74) is 2.07. The molecule has 0 aliphatic carbocycles. The predicted octanol–water partition coefficient (Wildman–Crippen LogP) is 2.50. The maximum Gasteiger partial charge on any atom is 0.135 e. The highest BCUT2D eigenvalue weighted by Crippen LogP contribution is 2.22. The fourth-order valence-electron chi connectivity index (χ4n) is 1.88. The summed E-state index contributed by atoms with van der Waals surface area (Å²) in [5, 5.41) is 9.28. The molecule has 0 saturated carbocycles. The topological polar surface area (TPSA) is 38.0 Å². The lowest BCUT2D eigenvalue weighted by atomic mass is 10.2. The highest BCUT2D eigenvalue weighted by Gasteiger charge is 2.13. The first-order valence-electron chi connectivity index (χ1n) is 5.34. The lowest BCUT2D eigenvalue weighted by Gasteiger charge is -2.14. The molecule has 3 nitrogen and oxygen atoms in total. The summed E-state index contributed by atoms with van der Waals surface area (Å²) < 4.78 is 2.12. The van der Waals surface area contributed by atoms with E-state index in [0.717, 1.165) is 23.3 Å². The van der Waals surface area contributed by atoms with Gasteiger partial charge < -0.3 is 9.67 Å². The second-order valence-electron chi connectivity index (χ2n) is 3.80. The molecule has 1 heterocycles. The number of aliphatic hydroxyl groups excluding tert-OH is 1. The predicted molar refractivity (Wildman–Crippen MR) is 60.7 cm³/mol. The Morgan fingerprint density at radius 2 is 2.13 bits per heavy atom. The molecule has 0 spiro atoms. The van der Waals surface area contributed by atoms with Gasteiger partial charge in [0.1, 0.15) is 12.4 Å².